The largest absolute Gasteiger partial charge is 0.490 e. The van der Waals surface area contributed by atoms with E-state index in [0.717, 1.165) is 24.2 Å². The van der Waals surface area contributed by atoms with Crippen molar-refractivity contribution < 1.29 is 14.6 Å². The van der Waals surface area contributed by atoms with Crippen LogP contribution in [0.1, 0.15) is 56.0 Å². The van der Waals surface area contributed by atoms with E-state index in [1.54, 1.807) is 18.2 Å². The summed E-state index contributed by atoms with van der Waals surface area (Å²) in [5.74, 6) is 0.583. The predicted octanol–water partition coefficient (Wildman–Crippen LogP) is 4.29. The van der Waals surface area contributed by atoms with Crippen LogP contribution in [-0.4, -0.2) is 17.2 Å². The molecule has 0 aromatic heterocycles. The van der Waals surface area contributed by atoms with Crippen molar-refractivity contribution >= 4 is 5.97 Å². The first-order valence-corrected chi connectivity index (χ1v) is 7.27. The van der Waals surface area contributed by atoms with E-state index in [-0.39, 0.29) is 6.10 Å². The number of carboxylic acid groups (broad SMARTS) is 1. The van der Waals surface area contributed by atoms with E-state index in [1.165, 1.54) is 6.42 Å². The molecular weight excluding hydrogens is 252 g/mol. The summed E-state index contributed by atoms with van der Waals surface area (Å²) in [4.78, 5) is 10.9. The lowest BCUT2D eigenvalue weighted by Crippen LogP contribution is -2.34. The van der Waals surface area contributed by atoms with Crippen LogP contribution in [-0.2, 0) is 0 Å². The number of ether oxygens (including phenoxy) is 1. The average molecular weight is 276 g/mol. The first-order chi connectivity index (χ1) is 9.27. The van der Waals surface area contributed by atoms with Crippen LogP contribution >= 0.6 is 0 Å². The van der Waals surface area contributed by atoms with Gasteiger partial charge in [-0.25, -0.2) is 4.79 Å². The Bertz CT molecular complexity index is 505. The zero-order valence-corrected chi connectivity index (χ0v) is 12.8. The topological polar surface area (TPSA) is 46.5 Å². The Morgan fingerprint density at radius 1 is 1.35 bits per heavy atom. The van der Waals surface area contributed by atoms with Crippen LogP contribution in [0.2, 0.25) is 0 Å². The number of benzene rings is 1. The number of rotatable bonds is 3. The van der Waals surface area contributed by atoms with Crippen LogP contribution in [0.25, 0.3) is 0 Å². The molecule has 0 amide bonds. The van der Waals surface area contributed by atoms with Crippen LogP contribution in [0.4, 0.5) is 0 Å². The van der Waals surface area contributed by atoms with Gasteiger partial charge in [0.1, 0.15) is 5.75 Å². The molecule has 1 aliphatic rings. The number of hydrogen-bond donors (Lipinski definition) is 1. The first kappa shape index (κ1) is 14.9. The third-order valence-corrected chi connectivity index (χ3v) is 4.06. The normalized spacial score (nSPS) is 25.2. The van der Waals surface area contributed by atoms with Crippen molar-refractivity contribution in [1.82, 2.24) is 0 Å². The quantitative estimate of drug-likeness (QED) is 0.896. The molecule has 1 saturated carbocycles. The van der Waals surface area contributed by atoms with Gasteiger partial charge in [0.2, 0.25) is 0 Å². The molecule has 1 aromatic rings. The summed E-state index contributed by atoms with van der Waals surface area (Å²) in [6.45, 7) is 8.76. The van der Waals surface area contributed by atoms with Gasteiger partial charge in [-0.1, -0.05) is 20.8 Å². The Morgan fingerprint density at radius 3 is 2.60 bits per heavy atom. The van der Waals surface area contributed by atoms with Gasteiger partial charge < -0.3 is 9.84 Å². The van der Waals surface area contributed by atoms with Crippen molar-refractivity contribution in [3.05, 3.63) is 29.3 Å². The predicted molar refractivity (Wildman–Crippen MR) is 79.4 cm³/mol. The molecule has 1 aliphatic carbocycles. The summed E-state index contributed by atoms with van der Waals surface area (Å²) in [6.07, 6.45) is 3.59. The minimum absolute atomic E-state index is 0.225. The van der Waals surface area contributed by atoms with Gasteiger partial charge in [0.15, 0.2) is 0 Å². The molecule has 0 bridgehead atoms. The van der Waals surface area contributed by atoms with Crippen LogP contribution in [0.15, 0.2) is 18.2 Å². The molecule has 0 aliphatic heterocycles. The van der Waals surface area contributed by atoms with Gasteiger partial charge in [0, 0.05) is 0 Å². The maximum atomic E-state index is 10.9. The van der Waals surface area contributed by atoms with Gasteiger partial charge in [0.25, 0.3) is 0 Å². The molecule has 1 N–H and O–H groups in total. The summed E-state index contributed by atoms with van der Waals surface area (Å²) < 4.78 is 6.13. The van der Waals surface area contributed by atoms with Gasteiger partial charge in [-0.15, -0.1) is 0 Å². The highest BCUT2D eigenvalue weighted by Gasteiger charge is 2.33. The molecule has 0 radical (unpaired) electrons. The fourth-order valence-electron chi connectivity index (χ4n) is 3.44. The minimum atomic E-state index is -0.896. The third-order valence-electron chi connectivity index (χ3n) is 4.06. The highest BCUT2D eigenvalue weighted by molar-refractivity contribution is 5.88. The molecule has 0 saturated heterocycles. The monoisotopic (exact) mass is 276 g/mol. The first-order valence-electron chi connectivity index (χ1n) is 7.27. The van der Waals surface area contributed by atoms with E-state index < -0.39 is 5.97 Å². The number of aromatic carboxylic acids is 1. The van der Waals surface area contributed by atoms with E-state index in [2.05, 4.69) is 20.8 Å². The molecular formula is C17H24O3. The second-order valence-corrected chi connectivity index (χ2v) is 6.94. The van der Waals surface area contributed by atoms with Crippen molar-refractivity contribution in [1.29, 1.82) is 0 Å². The van der Waals surface area contributed by atoms with Crippen LogP contribution in [0.5, 0.6) is 5.75 Å². The van der Waals surface area contributed by atoms with Crippen molar-refractivity contribution in [3.63, 3.8) is 0 Å². The zero-order valence-electron chi connectivity index (χ0n) is 12.8. The summed E-state index contributed by atoms with van der Waals surface area (Å²) in [5, 5.41) is 8.98. The standard InChI is InChI=1S/C17H24O3/c1-11-7-14(10-17(3,4)9-11)20-15-6-5-13(16(18)19)8-12(15)2/h5-6,8,11,14H,7,9-10H2,1-4H3,(H,18,19). The van der Waals surface area contributed by atoms with Gasteiger partial charge in [-0.05, 0) is 61.3 Å². The molecule has 2 atom stereocenters. The van der Waals surface area contributed by atoms with Crippen LogP contribution in [0.3, 0.4) is 0 Å². The molecule has 3 nitrogen and oxygen atoms in total. The molecule has 3 heteroatoms. The van der Waals surface area contributed by atoms with E-state index >= 15 is 0 Å². The molecule has 0 spiro atoms. The summed E-state index contributed by atoms with van der Waals surface area (Å²) in [6, 6.07) is 5.07. The maximum absolute atomic E-state index is 10.9. The van der Waals surface area contributed by atoms with E-state index in [0.29, 0.717) is 16.9 Å². The Labute approximate surface area is 121 Å². The van der Waals surface area contributed by atoms with E-state index in [1.807, 2.05) is 6.92 Å². The van der Waals surface area contributed by atoms with Gasteiger partial charge in [0.05, 0.1) is 11.7 Å². The Hall–Kier alpha value is -1.51. The molecule has 20 heavy (non-hydrogen) atoms. The maximum Gasteiger partial charge on any atom is 0.335 e. The average Bonchev–Trinajstić information content (AvgIpc) is 2.28. The molecule has 2 rings (SSSR count). The minimum Gasteiger partial charge on any atom is -0.490 e. The van der Waals surface area contributed by atoms with E-state index in [4.69, 9.17) is 9.84 Å². The summed E-state index contributed by atoms with van der Waals surface area (Å²) in [5.41, 5.74) is 1.52. The Kier molecular flexibility index (Phi) is 4.07. The van der Waals surface area contributed by atoms with Gasteiger partial charge >= 0.3 is 5.97 Å². The van der Waals surface area contributed by atoms with Crippen LogP contribution < -0.4 is 4.74 Å². The Morgan fingerprint density at radius 2 is 2.05 bits per heavy atom. The van der Waals surface area contributed by atoms with Crippen LogP contribution in [0, 0.1) is 18.3 Å². The number of aryl methyl sites for hydroxylation is 1. The third kappa shape index (κ3) is 3.53. The SMILES string of the molecule is Cc1cc(C(=O)O)ccc1OC1CC(C)CC(C)(C)C1. The molecule has 0 heterocycles. The lowest BCUT2D eigenvalue weighted by Gasteiger charge is -2.39. The number of carbonyl (C=O) groups is 1. The number of hydrogen-bond acceptors (Lipinski definition) is 2. The lowest BCUT2D eigenvalue weighted by molar-refractivity contribution is 0.0558. The smallest absolute Gasteiger partial charge is 0.335 e. The molecule has 1 fully saturated rings. The summed E-state index contributed by atoms with van der Waals surface area (Å²) >= 11 is 0. The molecule has 2 unspecified atom stereocenters. The van der Waals surface area contributed by atoms with Crippen molar-refractivity contribution in [2.75, 3.05) is 0 Å². The molecule has 110 valence electrons. The fraction of sp³-hybridized carbons (Fsp3) is 0.588. The van der Waals surface area contributed by atoms with E-state index in [9.17, 15) is 4.79 Å². The Balaban J connectivity index is 2.12. The molecule has 1 aromatic carbocycles. The van der Waals surface area contributed by atoms with Crippen molar-refractivity contribution in [3.8, 4) is 5.75 Å². The van der Waals surface area contributed by atoms with Gasteiger partial charge in [-0.2, -0.15) is 0 Å². The zero-order chi connectivity index (χ0) is 14.9. The second-order valence-electron chi connectivity index (χ2n) is 6.94. The second kappa shape index (κ2) is 5.47. The highest BCUT2D eigenvalue weighted by Crippen LogP contribution is 2.40. The lowest BCUT2D eigenvalue weighted by atomic mass is 9.71. The highest BCUT2D eigenvalue weighted by atomic mass is 16.5. The summed E-state index contributed by atoms with van der Waals surface area (Å²) in [7, 11) is 0. The fourth-order valence-corrected chi connectivity index (χ4v) is 3.44. The van der Waals surface area contributed by atoms with Gasteiger partial charge in [-0.3, -0.25) is 0 Å². The van der Waals surface area contributed by atoms with Crippen molar-refractivity contribution in [2.45, 2.75) is 53.1 Å². The number of carboxylic acids is 1. The van der Waals surface area contributed by atoms with Crippen molar-refractivity contribution in [2.24, 2.45) is 11.3 Å².